The first-order chi connectivity index (χ1) is 10.7. The van der Waals surface area contributed by atoms with Crippen LogP contribution in [0.25, 0.3) is 0 Å². The summed E-state index contributed by atoms with van der Waals surface area (Å²) in [6.45, 7) is 4.47. The molecule has 0 spiro atoms. The van der Waals surface area contributed by atoms with E-state index >= 15 is 0 Å². The largest absolute Gasteiger partial charge is 0.367 e. The molecule has 0 radical (unpaired) electrons. The number of halogens is 1. The number of nitrogens with zero attached hydrogens (tertiary/aromatic N) is 3. The molecule has 1 aliphatic heterocycles. The molecule has 0 amide bonds. The molecule has 1 aliphatic rings. The van der Waals surface area contributed by atoms with Crippen LogP contribution >= 0.6 is 0 Å². The van der Waals surface area contributed by atoms with Gasteiger partial charge in [0.05, 0.1) is 13.2 Å². The van der Waals surface area contributed by atoms with Gasteiger partial charge in [-0.05, 0) is 24.3 Å². The van der Waals surface area contributed by atoms with E-state index in [1.807, 2.05) is 0 Å². The number of ether oxygens (including phenoxy) is 1. The van der Waals surface area contributed by atoms with E-state index in [0.717, 1.165) is 12.1 Å². The molecule has 6 heteroatoms. The smallest absolute Gasteiger partial charge is 0.223 e. The molecule has 0 aliphatic carbocycles. The van der Waals surface area contributed by atoms with E-state index in [-0.39, 0.29) is 11.9 Å². The second kappa shape index (κ2) is 6.69. The number of morpholine rings is 1. The molecular formula is C16H16FN3O2. The Morgan fingerprint density at radius 2 is 2.18 bits per heavy atom. The van der Waals surface area contributed by atoms with Crippen molar-refractivity contribution in [3.8, 4) is 11.8 Å². The van der Waals surface area contributed by atoms with Crippen LogP contribution in [0.15, 0.2) is 28.8 Å². The van der Waals surface area contributed by atoms with Gasteiger partial charge in [0.2, 0.25) is 11.7 Å². The van der Waals surface area contributed by atoms with Gasteiger partial charge < -0.3 is 9.26 Å². The van der Waals surface area contributed by atoms with Crippen LogP contribution < -0.4 is 0 Å². The molecule has 1 aromatic carbocycles. The van der Waals surface area contributed by atoms with Crippen molar-refractivity contribution < 1.29 is 13.7 Å². The first-order valence-electron chi connectivity index (χ1n) is 7.09. The molecule has 1 fully saturated rings. The van der Waals surface area contributed by atoms with Crippen LogP contribution in [0.4, 0.5) is 4.39 Å². The first kappa shape index (κ1) is 14.7. The van der Waals surface area contributed by atoms with Gasteiger partial charge >= 0.3 is 0 Å². The number of aromatic nitrogens is 2. The molecule has 2 aromatic rings. The monoisotopic (exact) mass is 301 g/mol. The van der Waals surface area contributed by atoms with E-state index in [1.54, 1.807) is 19.1 Å². The topological polar surface area (TPSA) is 51.4 Å². The predicted octanol–water partition coefficient (Wildman–Crippen LogP) is 1.94. The Bertz CT molecular complexity index is 687. The fourth-order valence-electron chi connectivity index (χ4n) is 2.23. The molecule has 3 rings (SSSR count). The van der Waals surface area contributed by atoms with Gasteiger partial charge in [0.1, 0.15) is 11.9 Å². The van der Waals surface area contributed by atoms with Gasteiger partial charge in [-0.2, -0.15) is 4.98 Å². The zero-order chi connectivity index (χ0) is 15.4. The average Bonchev–Trinajstić information content (AvgIpc) is 2.96. The highest BCUT2D eigenvalue weighted by Gasteiger charge is 2.25. The standard InChI is InChI=1S/C16H16FN3O2/c1-12-18-16(19-22-12)15-11-20(9-10-21-15)8-2-3-13-4-6-14(17)7-5-13/h4-7,15H,8-11H2,1H3. The molecule has 0 saturated carbocycles. The fourth-order valence-corrected chi connectivity index (χ4v) is 2.23. The molecule has 1 aromatic heterocycles. The summed E-state index contributed by atoms with van der Waals surface area (Å²) in [4.78, 5) is 6.38. The van der Waals surface area contributed by atoms with Crippen LogP contribution in [0, 0.1) is 24.6 Å². The van der Waals surface area contributed by atoms with E-state index in [9.17, 15) is 4.39 Å². The maximum Gasteiger partial charge on any atom is 0.223 e. The van der Waals surface area contributed by atoms with Crippen LogP contribution in [0.1, 0.15) is 23.4 Å². The average molecular weight is 301 g/mol. The highest BCUT2D eigenvalue weighted by molar-refractivity contribution is 5.34. The van der Waals surface area contributed by atoms with Crippen molar-refractivity contribution in [3.05, 3.63) is 47.4 Å². The molecular weight excluding hydrogens is 285 g/mol. The van der Waals surface area contributed by atoms with Gasteiger partial charge in [-0.25, -0.2) is 4.39 Å². The fraction of sp³-hybridized carbons (Fsp3) is 0.375. The molecule has 0 N–H and O–H groups in total. The Kier molecular flexibility index (Phi) is 4.47. The third kappa shape index (κ3) is 3.70. The zero-order valence-electron chi connectivity index (χ0n) is 12.3. The van der Waals surface area contributed by atoms with Crippen molar-refractivity contribution in [2.45, 2.75) is 13.0 Å². The second-order valence-electron chi connectivity index (χ2n) is 5.07. The minimum atomic E-state index is -0.253. The van der Waals surface area contributed by atoms with Crippen molar-refractivity contribution >= 4 is 0 Å². The molecule has 22 heavy (non-hydrogen) atoms. The van der Waals surface area contributed by atoms with Gasteiger partial charge in [-0.1, -0.05) is 17.0 Å². The van der Waals surface area contributed by atoms with Gasteiger partial charge in [0.15, 0.2) is 0 Å². The Labute approximate surface area is 128 Å². The summed E-state index contributed by atoms with van der Waals surface area (Å²) in [5.74, 6) is 6.99. The lowest BCUT2D eigenvalue weighted by atomic mass is 10.2. The van der Waals surface area contributed by atoms with Gasteiger partial charge in [-0.3, -0.25) is 4.90 Å². The summed E-state index contributed by atoms with van der Waals surface area (Å²) >= 11 is 0. The number of rotatable bonds is 2. The van der Waals surface area contributed by atoms with E-state index in [4.69, 9.17) is 9.26 Å². The van der Waals surface area contributed by atoms with Crippen molar-refractivity contribution in [2.75, 3.05) is 26.2 Å². The maximum atomic E-state index is 12.8. The number of hydrogen-bond acceptors (Lipinski definition) is 5. The number of aryl methyl sites for hydroxylation is 1. The van der Waals surface area contributed by atoms with Crippen LogP contribution in [0.2, 0.25) is 0 Å². The van der Waals surface area contributed by atoms with Crippen molar-refractivity contribution in [2.24, 2.45) is 0 Å². The lowest BCUT2D eigenvalue weighted by molar-refractivity contribution is -0.0307. The van der Waals surface area contributed by atoms with Gasteiger partial charge in [0, 0.05) is 25.6 Å². The normalized spacial score (nSPS) is 18.7. The van der Waals surface area contributed by atoms with E-state index in [2.05, 4.69) is 26.9 Å². The molecule has 2 heterocycles. The molecule has 114 valence electrons. The van der Waals surface area contributed by atoms with Gasteiger partial charge in [0.25, 0.3) is 0 Å². The summed E-state index contributed by atoms with van der Waals surface area (Å²) in [5.41, 5.74) is 0.806. The summed E-state index contributed by atoms with van der Waals surface area (Å²) in [6, 6.07) is 6.17. The second-order valence-corrected chi connectivity index (χ2v) is 5.07. The maximum absolute atomic E-state index is 12.8. The van der Waals surface area contributed by atoms with E-state index in [0.29, 0.717) is 31.4 Å². The summed E-state index contributed by atoms with van der Waals surface area (Å²) < 4.78 is 23.5. The molecule has 5 nitrogen and oxygen atoms in total. The Morgan fingerprint density at radius 3 is 2.91 bits per heavy atom. The van der Waals surface area contributed by atoms with E-state index in [1.165, 1.54) is 12.1 Å². The lowest BCUT2D eigenvalue weighted by Gasteiger charge is -2.29. The summed E-state index contributed by atoms with van der Waals surface area (Å²) in [6.07, 6.45) is -0.182. The highest BCUT2D eigenvalue weighted by atomic mass is 19.1. The zero-order valence-corrected chi connectivity index (χ0v) is 12.3. The van der Waals surface area contributed by atoms with Gasteiger partial charge in [-0.15, -0.1) is 0 Å². The molecule has 1 unspecified atom stereocenters. The molecule has 1 atom stereocenters. The number of hydrogen-bond donors (Lipinski definition) is 0. The third-order valence-corrected chi connectivity index (χ3v) is 3.36. The van der Waals surface area contributed by atoms with Crippen molar-refractivity contribution in [1.82, 2.24) is 15.0 Å². The van der Waals surface area contributed by atoms with Crippen LogP contribution in [-0.4, -0.2) is 41.3 Å². The number of benzene rings is 1. The lowest BCUT2D eigenvalue weighted by Crippen LogP contribution is -2.38. The minimum Gasteiger partial charge on any atom is -0.367 e. The Hall–Kier alpha value is -2.23. The third-order valence-electron chi connectivity index (χ3n) is 3.36. The first-order valence-corrected chi connectivity index (χ1v) is 7.09. The van der Waals surface area contributed by atoms with E-state index < -0.39 is 0 Å². The Balaban J connectivity index is 1.58. The summed E-state index contributed by atoms with van der Waals surface area (Å²) in [5, 5.41) is 3.90. The highest BCUT2D eigenvalue weighted by Crippen LogP contribution is 2.19. The van der Waals surface area contributed by atoms with Crippen LogP contribution in [0.3, 0.4) is 0 Å². The van der Waals surface area contributed by atoms with Crippen LogP contribution in [-0.2, 0) is 4.74 Å². The SMILES string of the molecule is Cc1nc(C2CN(CC#Cc3ccc(F)cc3)CCO2)no1. The molecule has 0 bridgehead atoms. The van der Waals surface area contributed by atoms with Crippen molar-refractivity contribution in [1.29, 1.82) is 0 Å². The quantitative estimate of drug-likeness (QED) is 0.794. The van der Waals surface area contributed by atoms with Crippen LogP contribution in [0.5, 0.6) is 0 Å². The molecule has 1 saturated heterocycles. The van der Waals surface area contributed by atoms with Crippen molar-refractivity contribution in [3.63, 3.8) is 0 Å². The minimum absolute atomic E-state index is 0.182. The Morgan fingerprint density at radius 1 is 1.36 bits per heavy atom. The predicted molar refractivity (Wildman–Crippen MR) is 77.4 cm³/mol. The summed E-state index contributed by atoms with van der Waals surface area (Å²) in [7, 11) is 0.